The van der Waals surface area contributed by atoms with Crippen LogP contribution in [0.5, 0.6) is 0 Å². The molecule has 0 aliphatic carbocycles. The maximum absolute atomic E-state index is 10.7. The van der Waals surface area contributed by atoms with Crippen LogP contribution in [0.1, 0.15) is 5.69 Å². The van der Waals surface area contributed by atoms with Gasteiger partial charge in [-0.05, 0) is 6.08 Å². The normalized spacial score (nSPS) is 13.1. The van der Waals surface area contributed by atoms with E-state index in [0.717, 1.165) is 11.4 Å². The first kappa shape index (κ1) is 5.96. The summed E-state index contributed by atoms with van der Waals surface area (Å²) in [5.74, 6) is 0. The van der Waals surface area contributed by atoms with Gasteiger partial charge in [0.1, 0.15) is 0 Å². The summed E-state index contributed by atoms with van der Waals surface area (Å²) in [6.07, 6.45) is 4.93. The number of H-pyrrole nitrogens is 1. The van der Waals surface area contributed by atoms with Crippen LogP contribution in [-0.4, -0.2) is 9.97 Å². The molecule has 0 aromatic carbocycles. The third-order valence-corrected chi connectivity index (χ3v) is 1.38. The van der Waals surface area contributed by atoms with Crippen LogP contribution >= 0.6 is 0 Å². The van der Waals surface area contributed by atoms with Crippen LogP contribution in [0.25, 0.3) is 6.08 Å². The van der Waals surface area contributed by atoms with Gasteiger partial charge in [0.25, 0.3) is 0 Å². The minimum Gasteiger partial charge on any atom is -0.308 e. The van der Waals surface area contributed by atoms with Gasteiger partial charge in [-0.15, -0.1) is 0 Å². The van der Waals surface area contributed by atoms with Crippen molar-refractivity contribution in [1.82, 2.24) is 15.4 Å². The first-order chi connectivity index (χ1) is 5.36. The second-order valence-corrected chi connectivity index (χ2v) is 2.12. The van der Waals surface area contributed by atoms with Crippen molar-refractivity contribution in [3.05, 3.63) is 28.6 Å². The lowest BCUT2D eigenvalue weighted by Gasteiger charge is -2.11. The fraction of sp³-hybridized carbons (Fsp3) is 0. The second-order valence-electron chi connectivity index (χ2n) is 2.12. The van der Waals surface area contributed by atoms with Crippen molar-refractivity contribution in [3.63, 3.8) is 0 Å². The molecular weight excluding hydrogens is 144 g/mol. The topological polar surface area (TPSA) is 69.8 Å². The number of nitrogens with one attached hydrogen (secondary N) is 3. The highest BCUT2D eigenvalue weighted by molar-refractivity contribution is 5.63. The Labute approximate surface area is 62.1 Å². The zero-order valence-electron chi connectivity index (χ0n) is 5.59. The van der Waals surface area contributed by atoms with Gasteiger partial charge in [-0.1, -0.05) is 0 Å². The van der Waals surface area contributed by atoms with Crippen LogP contribution in [0.4, 0.5) is 5.69 Å². The van der Waals surface area contributed by atoms with Crippen LogP contribution < -0.4 is 16.5 Å². The molecular formula is C6H6N4O. The van der Waals surface area contributed by atoms with E-state index in [1.807, 2.05) is 0 Å². The molecule has 3 N–H and O–H groups in total. The van der Waals surface area contributed by atoms with Crippen LogP contribution in [0.15, 0.2) is 17.2 Å². The summed E-state index contributed by atoms with van der Waals surface area (Å²) in [7, 11) is 0. The van der Waals surface area contributed by atoms with Gasteiger partial charge < -0.3 is 10.4 Å². The molecule has 1 aliphatic rings. The highest BCUT2D eigenvalue weighted by atomic mass is 16.1. The largest absolute Gasteiger partial charge is 0.345 e. The Balaban J connectivity index is 2.63. The third-order valence-electron chi connectivity index (χ3n) is 1.38. The number of rotatable bonds is 0. The highest BCUT2D eigenvalue weighted by Gasteiger charge is 2.02. The van der Waals surface area contributed by atoms with E-state index in [1.165, 1.54) is 6.20 Å². The number of aromatic nitrogens is 2. The van der Waals surface area contributed by atoms with E-state index >= 15 is 0 Å². The maximum atomic E-state index is 10.7. The van der Waals surface area contributed by atoms with E-state index in [9.17, 15) is 4.79 Å². The standard InChI is InChI=1S/C6H6N4O/c11-6-7-3-5-4(9-6)1-2-8-10-5/h1-3,8,10H,(H,7,9,11). The van der Waals surface area contributed by atoms with Crippen LogP contribution in [0.2, 0.25) is 0 Å². The van der Waals surface area contributed by atoms with Gasteiger partial charge in [0.05, 0.1) is 17.6 Å². The SMILES string of the molecule is O=c1ncc2c([nH]1)C=CNN2. The molecule has 5 nitrogen and oxygen atoms in total. The highest BCUT2D eigenvalue weighted by Crippen LogP contribution is 2.11. The van der Waals surface area contributed by atoms with E-state index < -0.39 is 0 Å². The van der Waals surface area contributed by atoms with E-state index in [0.29, 0.717) is 0 Å². The molecule has 0 unspecified atom stereocenters. The minimum atomic E-state index is -0.336. The summed E-state index contributed by atoms with van der Waals surface area (Å²) in [5.41, 5.74) is 6.76. The number of aromatic amines is 1. The molecule has 56 valence electrons. The summed E-state index contributed by atoms with van der Waals surface area (Å²) >= 11 is 0. The fourth-order valence-electron chi connectivity index (χ4n) is 0.883. The van der Waals surface area contributed by atoms with Gasteiger partial charge >= 0.3 is 5.69 Å². The molecule has 0 saturated heterocycles. The van der Waals surface area contributed by atoms with Gasteiger partial charge in [-0.2, -0.15) is 4.98 Å². The van der Waals surface area contributed by atoms with Crippen molar-refractivity contribution in [2.75, 3.05) is 5.43 Å². The Morgan fingerprint density at radius 1 is 1.45 bits per heavy atom. The predicted octanol–water partition coefficient (Wildman–Crippen LogP) is -0.329. The Morgan fingerprint density at radius 2 is 2.36 bits per heavy atom. The molecule has 0 saturated carbocycles. The fourth-order valence-corrected chi connectivity index (χ4v) is 0.883. The summed E-state index contributed by atoms with van der Waals surface area (Å²) in [6, 6.07) is 0. The van der Waals surface area contributed by atoms with E-state index in [1.54, 1.807) is 12.3 Å². The van der Waals surface area contributed by atoms with Crippen molar-refractivity contribution >= 4 is 11.8 Å². The average Bonchev–Trinajstić information content (AvgIpc) is 2.04. The summed E-state index contributed by atoms with van der Waals surface area (Å²) in [5, 5.41) is 0. The Morgan fingerprint density at radius 3 is 3.27 bits per heavy atom. The number of hydrazine groups is 1. The molecule has 1 aromatic rings. The molecule has 2 heterocycles. The van der Waals surface area contributed by atoms with Gasteiger partial charge in [0.2, 0.25) is 0 Å². The number of hydrogen-bond acceptors (Lipinski definition) is 4. The van der Waals surface area contributed by atoms with Gasteiger partial charge in [0.15, 0.2) is 0 Å². The number of fused-ring (bicyclic) bond motifs is 1. The molecule has 11 heavy (non-hydrogen) atoms. The van der Waals surface area contributed by atoms with Crippen LogP contribution in [0, 0.1) is 0 Å². The molecule has 0 radical (unpaired) electrons. The van der Waals surface area contributed by atoms with E-state index in [4.69, 9.17) is 0 Å². The Bertz CT molecular complexity index is 354. The minimum absolute atomic E-state index is 0.336. The lowest BCUT2D eigenvalue weighted by molar-refractivity contribution is 0.987. The molecule has 0 atom stereocenters. The van der Waals surface area contributed by atoms with Gasteiger partial charge in [0, 0.05) is 6.20 Å². The quantitative estimate of drug-likeness (QED) is 0.473. The molecule has 5 heteroatoms. The monoisotopic (exact) mass is 150 g/mol. The van der Waals surface area contributed by atoms with Gasteiger partial charge in [-0.25, -0.2) is 4.79 Å². The lowest BCUT2D eigenvalue weighted by Crippen LogP contribution is -2.22. The summed E-state index contributed by atoms with van der Waals surface area (Å²) in [6.45, 7) is 0. The number of hydrogen-bond donors (Lipinski definition) is 3. The van der Waals surface area contributed by atoms with Crippen molar-refractivity contribution in [3.8, 4) is 0 Å². The van der Waals surface area contributed by atoms with E-state index in [-0.39, 0.29) is 5.69 Å². The molecule has 0 bridgehead atoms. The molecule has 2 rings (SSSR count). The van der Waals surface area contributed by atoms with Crippen molar-refractivity contribution < 1.29 is 0 Å². The predicted molar refractivity (Wildman–Crippen MR) is 40.7 cm³/mol. The van der Waals surface area contributed by atoms with Crippen LogP contribution in [0.3, 0.4) is 0 Å². The zero-order valence-corrected chi connectivity index (χ0v) is 5.59. The van der Waals surface area contributed by atoms with Crippen molar-refractivity contribution in [2.45, 2.75) is 0 Å². The Kier molecular flexibility index (Phi) is 1.15. The van der Waals surface area contributed by atoms with Crippen molar-refractivity contribution in [2.24, 2.45) is 0 Å². The molecule has 0 amide bonds. The average molecular weight is 150 g/mol. The molecule has 0 spiro atoms. The lowest BCUT2D eigenvalue weighted by atomic mass is 10.3. The van der Waals surface area contributed by atoms with E-state index in [2.05, 4.69) is 20.8 Å². The first-order valence-electron chi connectivity index (χ1n) is 3.14. The third kappa shape index (κ3) is 0.958. The zero-order chi connectivity index (χ0) is 7.68. The molecule has 1 aromatic heterocycles. The summed E-state index contributed by atoms with van der Waals surface area (Å²) < 4.78 is 0. The Hall–Kier alpha value is -1.78. The van der Waals surface area contributed by atoms with Crippen molar-refractivity contribution in [1.29, 1.82) is 0 Å². The number of nitrogens with zero attached hydrogens (tertiary/aromatic N) is 1. The second kappa shape index (κ2) is 2.12. The smallest absolute Gasteiger partial charge is 0.308 e. The maximum Gasteiger partial charge on any atom is 0.345 e. The van der Waals surface area contributed by atoms with Gasteiger partial charge in [-0.3, -0.25) is 5.43 Å². The molecule has 1 aliphatic heterocycles. The summed E-state index contributed by atoms with van der Waals surface area (Å²) in [4.78, 5) is 16.8. The number of anilines is 1. The first-order valence-corrected chi connectivity index (χ1v) is 3.14. The van der Waals surface area contributed by atoms with Crippen LogP contribution in [-0.2, 0) is 0 Å². The molecule has 0 fully saturated rings.